The molecule has 6 heteroatoms. The highest BCUT2D eigenvalue weighted by Crippen LogP contribution is 2.11. The molecule has 3 N–H and O–H groups in total. The van der Waals surface area contributed by atoms with Crippen LogP contribution in [0.3, 0.4) is 0 Å². The van der Waals surface area contributed by atoms with Crippen molar-refractivity contribution in [3.8, 4) is 0 Å². The van der Waals surface area contributed by atoms with E-state index < -0.39 is 11.7 Å². The highest BCUT2D eigenvalue weighted by Gasteiger charge is 2.11. The minimum absolute atomic E-state index is 0.0645. The molecule has 0 aliphatic rings. The molecule has 0 spiro atoms. The zero-order chi connectivity index (χ0) is 14.3. The minimum Gasteiger partial charge on any atom is -0.466 e. The molecular formula is C13H17FN2O3. The van der Waals surface area contributed by atoms with Gasteiger partial charge in [0.2, 0.25) is 0 Å². The number of nitrogen functional groups attached to an aromatic ring is 1. The lowest BCUT2D eigenvalue weighted by Gasteiger charge is -2.06. The Hall–Kier alpha value is -2.11. The van der Waals surface area contributed by atoms with Crippen molar-refractivity contribution in [2.24, 2.45) is 0 Å². The number of halogens is 1. The summed E-state index contributed by atoms with van der Waals surface area (Å²) in [4.78, 5) is 22.7. The summed E-state index contributed by atoms with van der Waals surface area (Å²) in [5.74, 6) is -1.50. The van der Waals surface area contributed by atoms with Gasteiger partial charge < -0.3 is 15.8 Å². The van der Waals surface area contributed by atoms with Gasteiger partial charge >= 0.3 is 5.97 Å². The number of ether oxygens (including phenoxy) is 1. The molecule has 0 heterocycles. The fourth-order valence-corrected chi connectivity index (χ4v) is 1.48. The predicted octanol–water partition coefficient (Wildman–Crippen LogP) is 1.48. The molecule has 0 atom stereocenters. The van der Waals surface area contributed by atoms with Gasteiger partial charge in [-0.05, 0) is 31.5 Å². The van der Waals surface area contributed by atoms with Crippen molar-refractivity contribution < 1.29 is 18.7 Å². The number of nitrogens with two attached hydrogens (primary N) is 1. The first-order valence-electron chi connectivity index (χ1n) is 6.03. The Morgan fingerprint density at radius 1 is 1.42 bits per heavy atom. The van der Waals surface area contributed by atoms with Crippen LogP contribution in [0.25, 0.3) is 0 Å². The van der Waals surface area contributed by atoms with Gasteiger partial charge in [-0.25, -0.2) is 4.39 Å². The van der Waals surface area contributed by atoms with Crippen molar-refractivity contribution in [1.29, 1.82) is 0 Å². The summed E-state index contributed by atoms with van der Waals surface area (Å²) >= 11 is 0. The zero-order valence-corrected chi connectivity index (χ0v) is 10.7. The molecule has 1 aromatic carbocycles. The molecule has 5 nitrogen and oxygen atoms in total. The number of rotatable bonds is 6. The van der Waals surface area contributed by atoms with E-state index in [2.05, 4.69) is 5.32 Å². The minimum atomic E-state index is -0.664. The van der Waals surface area contributed by atoms with Crippen molar-refractivity contribution in [3.05, 3.63) is 29.6 Å². The number of anilines is 1. The summed E-state index contributed by atoms with van der Waals surface area (Å²) in [5, 5.41) is 2.53. The second-order valence-electron chi connectivity index (χ2n) is 3.90. The maximum Gasteiger partial charge on any atom is 0.305 e. The SMILES string of the molecule is CCOC(=O)CCCNC(=O)c1ccc(N)cc1F. The molecule has 1 aromatic rings. The molecular weight excluding hydrogens is 251 g/mol. The maximum absolute atomic E-state index is 13.4. The van der Waals surface area contributed by atoms with Gasteiger partial charge in [0, 0.05) is 18.7 Å². The molecule has 0 saturated carbocycles. The number of benzene rings is 1. The highest BCUT2D eigenvalue weighted by atomic mass is 19.1. The van der Waals surface area contributed by atoms with Crippen LogP contribution in [-0.2, 0) is 9.53 Å². The summed E-state index contributed by atoms with van der Waals surface area (Å²) in [7, 11) is 0. The van der Waals surface area contributed by atoms with Gasteiger partial charge in [0.25, 0.3) is 5.91 Å². The molecule has 0 fully saturated rings. The second-order valence-corrected chi connectivity index (χ2v) is 3.90. The normalized spacial score (nSPS) is 10.0. The molecule has 0 aliphatic heterocycles. The number of carbonyl (C=O) groups is 2. The van der Waals surface area contributed by atoms with Gasteiger partial charge in [-0.2, -0.15) is 0 Å². The topological polar surface area (TPSA) is 81.4 Å². The molecule has 0 saturated heterocycles. The van der Waals surface area contributed by atoms with E-state index in [1.165, 1.54) is 12.1 Å². The molecule has 1 rings (SSSR count). The van der Waals surface area contributed by atoms with Gasteiger partial charge in [0.1, 0.15) is 5.82 Å². The number of amides is 1. The number of esters is 1. The van der Waals surface area contributed by atoms with E-state index in [0.29, 0.717) is 13.0 Å². The van der Waals surface area contributed by atoms with Crippen molar-refractivity contribution in [3.63, 3.8) is 0 Å². The van der Waals surface area contributed by atoms with Crippen LogP contribution in [0.4, 0.5) is 10.1 Å². The van der Waals surface area contributed by atoms with Gasteiger partial charge in [0.15, 0.2) is 0 Å². The number of carbonyl (C=O) groups excluding carboxylic acids is 2. The van der Waals surface area contributed by atoms with Crippen LogP contribution in [0.2, 0.25) is 0 Å². The average Bonchev–Trinajstić information content (AvgIpc) is 2.34. The predicted molar refractivity (Wildman–Crippen MR) is 69.0 cm³/mol. The van der Waals surface area contributed by atoms with Crippen LogP contribution < -0.4 is 11.1 Å². The highest BCUT2D eigenvalue weighted by molar-refractivity contribution is 5.94. The fourth-order valence-electron chi connectivity index (χ4n) is 1.48. The van der Waals surface area contributed by atoms with E-state index >= 15 is 0 Å². The molecule has 0 bridgehead atoms. The first kappa shape index (κ1) is 14.9. The van der Waals surface area contributed by atoms with Crippen molar-refractivity contribution in [2.45, 2.75) is 19.8 Å². The summed E-state index contributed by atoms with van der Waals surface area (Å²) in [6, 6.07) is 3.87. The van der Waals surface area contributed by atoms with E-state index in [4.69, 9.17) is 10.5 Å². The molecule has 0 unspecified atom stereocenters. The van der Waals surface area contributed by atoms with Crippen LogP contribution >= 0.6 is 0 Å². The number of nitrogens with one attached hydrogen (secondary N) is 1. The lowest BCUT2D eigenvalue weighted by Crippen LogP contribution is -2.26. The first-order valence-corrected chi connectivity index (χ1v) is 6.03. The smallest absolute Gasteiger partial charge is 0.305 e. The third-order valence-electron chi connectivity index (χ3n) is 2.39. The van der Waals surface area contributed by atoms with Gasteiger partial charge in [0.05, 0.1) is 12.2 Å². The maximum atomic E-state index is 13.4. The van der Waals surface area contributed by atoms with E-state index in [0.717, 1.165) is 6.07 Å². The van der Waals surface area contributed by atoms with Crippen LogP contribution in [0.15, 0.2) is 18.2 Å². The summed E-state index contributed by atoms with van der Waals surface area (Å²) < 4.78 is 18.2. The molecule has 0 aliphatic carbocycles. The largest absolute Gasteiger partial charge is 0.466 e. The average molecular weight is 268 g/mol. The molecule has 1 amide bonds. The Labute approximate surface area is 110 Å². The second kappa shape index (κ2) is 7.35. The Morgan fingerprint density at radius 3 is 2.79 bits per heavy atom. The van der Waals surface area contributed by atoms with Crippen LogP contribution in [0.1, 0.15) is 30.1 Å². The number of hydrogen-bond acceptors (Lipinski definition) is 4. The van der Waals surface area contributed by atoms with Crippen molar-refractivity contribution in [1.82, 2.24) is 5.32 Å². The van der Waals surface area contributed by atoms with Crippen LogP contribution in [0.5, 0.6) is 0 Å². The van der Waals surface area contributed by atoms with Crippen molar-refractivity contribution >= 4 is 17.6 Å². The van der Waals surface area contributed by atoms with E-state index in [9.17, 15) is 14.0 Å². The Morgan fingerprint density at radius 2 is 2.16 bits per heavy atom. The Kier molecular flexibility index (Phi) is 5.78. The number of hydrogen-bond donors (Lipinski definition) is 2. The molecule has 0 aromatic heterocycles. The third kappa shape index (κ3) is 4.95. The molecule has 19 heavy (non-hydrogen) atoms. The Balaban J connectivity index is 2.37. The summed E-state index contributed by atoms with van der Waals surface area (Å²) in [6.45, 7) is 2.34. The molecule has 104 valence electrons. The van der Waals surface area contributed by atoms with E-state index in [1.54, 1.807) is 6.92 Å². The summed E-state index contributed by atoms with van der Waals surface area (Å²) in [6.07, 6.45) is 0.666. The van der Waals surface area contributed by atoms with Crippen LogP contribution in [-0.4, -0.2) is 25.0 Å². The fraction of sp³-hybridized carbons (Fsp3) is 0.385. The standard InChI is InChI=1S/C13H17FN2O3/c1-2-19-12(17)4-3-7-16-13(18)10-6-5-9(15)8-11(10)14/h5-6,8H,2-4,7,15H2,1H3,(H,16,18). The first-order chi connectivity index (χ1) is 9.04. The van der Waals surface area contributed by atoms with Crippen LogP contribution in [0, 0.1) is 5.82 Å². The quantitative estimate of drug-likeness (QED) is 0.465. The Bertz CT molecular complexity index is 463. The van der Waals surface area contributed by atoms with Crippen molar-refractivity contribution in [2.75, 3.05) is 18.9 Å². The third-order valence-corrected chi connectivity index (χ3v) is 2.39. The molecule has 0 radical (unpaired) electrons. The van der Waals surface area contributed by atoms with Gasteiger partial charge in [-0.15, -0.1) is 0 Å². The monoisotopic (exact) mass is 268 g/mol. The summed E-state index contributed by atoms with van der Waals surface area (Å²) in [5.41, 5.74) is 5.58. The van der Waals surface area contributed by atoms with E-state index in [1.807, 2.05) is 0 Å². The van der Waals surface area contributed by atoms with Gasteiger partial charge in [-0.1, -0.05) is 0 Å². The zero-order valence-electron chi connectivity index (χ0n) is 10.7. The van der Waals surface area contributed by atoms with Gasteiger partial charge in [-0.3, -0.25) is 9.59 Å². The van der Waals surface area contributed by atoms with E-state index in [-0.39, 0.29) is 30.2 Å². The lowest BCUT2D eigenvalue weighted by atomic mass is 10.2. The lowest BCUT2D eigenvalue weighted by molar-refractivity contribution is -0.143.